The molecule has 1 aromatic carbocycles. The molecule has 128 valence electrons. The van der Waals surface area contributed by atoms with Crippen LogP contribution in [-0.4, -0.2) is 36.4 Å². The average molecular weight is 357 g/mol. The number of aryl methyl sites for hydroxylation is 1. The second kappa shape index (κ2) is 6.33. The fourth-order valence-corrected chi connectivity index (χ4v) is 2.92. The minimum atomic E-state index is -0.0616. The average Bonchev–Trinajstić information content (AvgIpc) is 3.32. The molecule has 0 spiro atoms. The monoisotopic (exact) mass is 356 g/mol. The van der Waals surface area contributed by atoms with E-state index in [0.717, 1.165) is 34.9 Å². The number of aromatic nitrogens is 5. The molecule has 0 N–H and O–H groups in total. The minimum Gasteiger partial charge on any atom is -0.390 e. The summed E-state index contributed by atoms with van der Waals surface area (Å²) in [5.41, 5.74) is 3.68. The van der Waals surface area contributed by atoms with Crippen molar-refractivity contribution in [3.63, 3.8) is 0 Å². The molecule has 25 heavy (non-hydrogen) atoms. The third kappa shape index (κ3) is 3.15. The first-order valence-corrected chi connectivity index (χ1v) is 8.35. The molecule has 0 aliphatic carbocycles. The molecule has 0 fully saturated rings. The molecule has 0 amide bonds. The first-order valence-electron chi connectivity index (χ1n) is 7.97. The normalized spacial score (nSPS) is 16.8. The molecule has 0 radical (unpaired) electrons. The first-order chi connectivity index (χ1) is 12.1. The van der Waals surface area contributed by atoms with Gasteiger partial charge in [-0.1, -0.05) is 34.1 Å². The van der Waals surface area contributed by atoms with Gasteiger partial charge < -0.3 is 9.40 Å². The molecule has 1 aliphatic rings. The lowest BCUT2D eigenvalue weighted by Crippen LogP contribution is -2.17. The molecule has 1 atom stereocenters. The van der Waals surface area contributed by atoms with E-state index in [1.807, 2.05) is 49.0 Å². The highest BCUT2D eigenvalue weighted by atomic mass is 35.5. The highest BCUT2D eigenvalue weighted by molar-refractivity contribution is 6.30. The number of imidazole rings is 1. The summed E-state index contributed by atoms with van der Waals surface area (Å²) >= 11 is 5.92. The van der Waals surface area contributed by atoms with Gasteiger partial charge in [-0.15, -0.1) is 5.10 Å². The fraction of sp³-hybridized carbons (Fsp3) is 0.294. The standard InChI is InChI=1S/C17H17ClN6O/c1-11-19-8-17(23(11)2)16-10-24(22-20-16)9-14-7-15(21-25-14)12-3-5-13(18)6-4-12/h3-6,8,10,14H,7,9H2,1-2H3. The van der Waals surface area contributed by atoms with Crippen LogP contribution in [0.4, 0.5) is 0 Å². The van der Waals surface area contributed by atoms with E-state index in [4.69, 9.17) is 16.4 Å². The van der Waals surface area contributed by atoms with Gasteiger partial charge in [-0.25, -0.2) is 9.67 Å². The highest BCUT2D eigenvalue weighted by Gasteiger charge is 2.23. The lowest BCUT2D eigenvalue weighted by Gasteiger charge is -2.07. The number of hydrogen-bond donors (Lipinski definition) is 0. The fourth-order valence-electron chi connectivity index (χ4n) is 2.79. The van der Waals surface area contributed by atoms with Gasteiger partial charge in [0.25, 0.3) is 0 Å². The summed E-state index contributed by atoms with van der Waals surface area (Å²) in [5, 5.41) is 13.3. The van der Waals surface area contributed by atoms with Gasteiger partial charge in [0.05, 0.1) is 30.3 Å². The van der Waals surface area contributed by atoms with Crippen LogP contribution in [0.5, 0.6) is 0 Å². The van der Waals surface area contributed by atoms with E-state index in [-0.39, 0.29) is 6.10 Å². The van der Waals surface area contributed by atoms with Crippen molar-refractivity contribution < 1.29 is 4.84 Å². The van der Waals surface area contributed by atoms with Gasteiger partial charge in [-0.2, -0.15) is 0 Å². The Morgan fingerprint density at radius 1 is 1.28 bits per heavy atom. The van der Waals surface area contributed by atoms with E-state index in [0.29, 0.717) is 11.6 Å². The number of benzene rings is 1. The Bertz CT molecular complexity index is 927. The third-order valence-electron chi connectivity index (χ3n) is 4.32. The maximum Gasteiger partial charge on any atom is 0.152 e. The van der Waals surface area contributed by atoms with Crippen molar-refractivity contribution in [2.45, 2.75) is 26.0 Å². The Labute approximate surface area is 149 Å². The predicted octanol–water partition coefficient (Wildman–Crippen LogP) is 2.83. The van der Waals surface area contributed by atoms with Crippen molar-refractivity contribution in [3.05, 3.63) is 53.1 Å². The molecular formula is C17H17ClN6O. The van der Waals surface area contributed by atoms with E-state index in [1.54, 1.807) is 10.9 Å². The molecular weight excluding hydrogens is 340 g/mol. The smallest absolute Gasteiger partial charge is 0.152 e. The summed E-state index contributed by atoms with van der Waals surface area (Å²) in [6, 6.07) is 7.61. The van der Waals surface area contributed by atoms with Crippen LogP contribution in [0.1, 0.15) is 17.8 Å². The Kier molecular flexibility index (Phi) is 4.01. The van der Waals surface area contributed by atoms with Crippen LogP contribution in [0.25, 0.3) is 11.4 Å². The van der Waals surface area contributed by atoms with Crippen molar-refractivity contribution in [2.75, 3.05) is 0 Å². The molecule has 2 aromatic heterocycles. The summed E-state index contributed by atoms with van der Waals surface area (Å²) in [6.07, 6.45) is 4.37. The van der Waals surface area contributed by atoms with E-state index in [9.17, 15) is 0 Å². The lowest BCUT2D eigenvalue weighted by atomic mass is 10.1. The largest absolute Gasteiger partial charge is 0.390 e. The maximum absolute atomic E-state index is 5.92. The first kappa shape index (κ1) is 15.8. The molecule has 1 aliphatic heterocycles. The van der Waals surface area contributed by atoms with Gasteiger partial charge in [-0.05, 0) is 24.6 Å². The highest BCUT2D eigenvalue weighted by Crippen LogP contribution is 2.21. The van der Waals surface area contributed by atoms with Gasteiger partial charge in [0.2, 0.25) is 0 Å². The van der Waals surface area contributed by atoms with E-state index in [2.05, 4.69) is 20.5 Å². The Morgan fingerprint density at radius 3 is 2.80 bits per heavy atom. The lowest BCUT2D eigenvalue weighted by molar-refractivity contribution is 0.0693. The van der Waals surface area contributed by atoms with Gasteiger partial charge in [0.1, 0.15) is 11.5 Å². The second-order valence-corrected chi connectivity index (χ2v) is 6.49. The topological polar surface area (TPSA) is 70.1 Å². The second-order valence-electron chi connectivity index (χ2n) is 6.05. The van der Waals surface area contributed by atoms with Crippen LogP contribution in [0.3, 0.4) is 0 Å². The Morgan fingerprint density at radius 2 is 2.08 bits per heavy atom. The number of hydrogen-bond acceptors (Lipinski definition) is 5. The summed E-state index contributed by atoms with van der Waals surface area (Å²) in [4.78, 5) is 9.83. The van der Waals surface area contributed by atoms with Crippen LogP contribution >= 0.6 is 11.6 Å². The van der Waals surface area contributed by atoms with Crippen LogP contribution in [0.2, 0.25) is 5.02 Å². The third-order valence-corrected chi connectivity index (χ3v) is 4.57. The molecule has 7 nitrogen and oxygen atoms in total. The van der Waals surface area contributed by atoms with Crippen LogP contribution < -0.4 is 0 Å². The van der Waals surface area contributed by atoms with Gasteiger partial charge in [-0.3, -0.25) is 0 Å². The van der Waals surface area contributed by atoms with Crippen LogP contribution in [0, 0.1) is 6.92 Å². The molecule has 0 bridgehead atoms. The quantitative estimate of drug-likeness (QED) is 0.720. The van der Waals surface area contributed by atoms with E-state index >= 15 is 0 Å². The maximum atomic E-state index is 5.92. The molecule has 0 saturated carbocycles. The predicted molar refractivity (Wildman–Crippen MR) is 94.4 cm³/mol. The molecule has 1 unspecified atom stereocenters. The molecule has 3 aromatic rings. The SMILES string of the molecule is Cc1ncc(-c2cn(CC3CC(c4ccc(Cl)cc4)=NO3)nn2)n1C. The molecule has 8 heteroatoms. The molecule has 4 rings (SSSR count). The molecule has 0 saturated heterocycles. The van der Waals surface area contributed by atoms with Crippen molar-refractivity contribution >= 4 is 17.3 Å². The zero-order valence-electron chi connectivity index (χ0n) is 13.9. The number of rotatable bonds is 4. The number of halogens is 1. The van der Waals surface area contributed by atoms with E-state index < -0.39 is 0 Å². The zero-order valence-corrected chi connectivity index (χ0v) is 14.7. The summed E-state index contributed by atoms with van der Waals surface area (Å²) in [5.74, 6) is 0.935. The van der Waals surface area contributed by atoms with Crippen LogP contribution in [-0.2, 0) is 18.4 Å². The van der Waals surface area contributed by atoms with Gasteiger partial charge in [0.15, 0.2) is 6.10 Å². The van der Waals surface area contributed by atoms with Gasteiger partial charge >= 0.3 is 0 Å². The summed E-state index contributed by atoms with van der Waals surface area (Å²) < 4.78 is 3.77. The van der Waals surface area contributed by atoms with E-state index in [1.165, 1.54) is 0 Å². The van der Waals surface area contributed by atoms with Crippen molar-refractivity contribution in [1.29, 1.82) is 0 Å². The summed E-state index contributed by atoms with van der Waals surface area (Å²) in [6.45, 7) is 2.54. The van der Waals surface area contributed by atoms with Crippen molar-refractivity contribution in [2.24, 2.45) is 12.2 Å². The van der Waals surface area contributed by atoms with Gasteiger partial charge in [0, 0.05) is 18.5 Å². The Hall–Kier alpha value is -2.67. The van der Waals surface area contributed by atoms with Crippen LogP contribution in [0.15, 0.2) is 41.8 Å². The number of nitrogens with zero attached hydrogens (tertiary/aromatic N) is 6. The molecule has 3 heterocycles. The number of oxime groups is 1. The van der Waals surface area contributed by atoms with Crippen molar-refractivity contribution in [1.82, 2.24) is 24.5 Å². The zero-order chi connectivity index (χ0) is 17.4. The van der Waals surface area contributed by atoms with Crippen molar-refractivity contribution in [3.8, 4) is 11.4 Å². The Balaban J connectivity index is 1.43. The minimum absolute atomic E-state index is 0.0616. The summed E-state index contributed by atoms with van der Waals surface area (Å²) in [7, 11) is 1.96.